The van der Waals surface area contributed by atoms with Crippen LogP contribution >= 0.6 is 0 Å². The molecule has 0 aromatic rings. The van der Waals surface area contributed by atoms with Gasteiger partial charge in [-0.25, -0.2) is 0 Å². The molecular weight excluding hydrogens is 176 g/mol. The highest BCUT2D eigenvalue weighted by molar-refractivity contribution is 4.92. The van der Waals surface area contributed by atoms with Crippen LogP contribution in [0.5, 0.6) is 0 Å². The molecule has 2 N–H and O–H groups in total. The van der Waals surface area contributed by atoms with Gasteiger partial charge in [-0.05, 0) is 0 Å². The highest BCUT2D eigenvalue weighted by atomic mass is 16.6. The van der Waals surface area contributed by atoms with Crippen LogP contribution in [0.15, 0.2) is 0 Å². The third-order valence-corrected chi connectivity index (χ3v) is 2.31. The van der Waals surface area contributed by atoms with Crippen LogP contribution in [0.1, 0.15) is 0 Å². The molecule has 1 aliphatic heterocycles. The van der Waals surface area contributed by atoms with Crippen LogP contribution in [-0.2, 0) is 14.2 Å². The van der Waals surface area contributed by atoms with Crippen molar-refractivity contribution in [1.82, 2.24) is 0 Å². The van der Waals surface area contributed by atoms with Crippen LogP contribution in [0.3, 0.4) is 0 Å². The van der Waals surface area contributed by atoms with E-state index in [9.17, 15) is 0 Å². The van der Waals surface area contributed by atoms with Crippen LogP contribution in [-0.4, -0.2) is 62.1 Å². The van der Waals surface area contributed by atoms with Crippen molar-refractivity contribution in [3.05, 3.63) is 0 Å². The average Bonchev–Trinajstić information content (AvgIpc) is 2.54. The summed E-state index contributed by atoms with van der Waals surface area (Å²) in [5, 5.41) is 17.9. The Morgan fingerprint density at radius 3 is 1.62 bits per heavy atom. The first-order chi connectivity index (χ1) is 6.28. The zero-order valence-electron chi connectivity index (χ0n) is 7.84. The summed E-state index contributed by atoms with van der Waals surface area (Å²) in [7, 11) is 3.06. The van der Waals surface area contributed by atoms with Gasteiger partial charge in [-0.2, -0.15) is 0 Å². The summed E-state index contributed by atoms with van der Waals surface area (Å²) in [6, 6.07) is 0. The van der Waals surface area contributed by atoms with Crippen LogP contribution in [0.2, 0.25) is 0 Å². The molecule has 0 aromatic heterocycles. The average molecular weight is 192 g/mol. The second-order valence-corrected chi connectivity index (χ2v) is 2.98. The number of aliphatic hydroxyl groups is 2. The fourth-order valence-corrected chi connectivity index (χ4v) is 1.67. The fraction of sp³-hybridized carbons (Fsp3) is 1.00. The molecular formula is C8H16O5. The van der Waals surface area contributed by atoms with Gasteiger partial charge in [0.15, 0.2) is 0 Å². The zero-order valence-corrected chi connectivity index (χ0v) is 7.84. The minimum atomic E-state index is -0.410. The van der Waals surface area contributed by atoms with E-state index in [1.54, 1.807) is 0 Å². The molecule has 5 heteroatoms. The SMILES string of the molecule is CO[C@@H]1[C@H](OC)[C@H](CO)O[C@H]1CO. The van der Waals surface area contributed by atoms with Crippen molar-refractivity contribution >= 4 is 0 Å². The van der Waals surface area contributed by atoms with Crippen molar-refractivity contribution in [2.24, 2.45) is 0 Å². The van der Waals surface area contributed by atoms with Gasteiger partial charge in [0.25, 0.3) is 0 Å². The highest BCUT2D eigenvalue weighted by Crippen LogP contribution is 2.25. The normalized spacial score (nSPS) is 39.7. The predicted molar refractivity (Wildman–Crippen MR) is 44.4 cm³/mol. The van der Waals surface area contributed by atoms with Crippen molar-refractivity contribution in [2.45, 2.75) is 24.4 Å². The lowest BCUT2D eigenvalue weighted by Gasteiger charge is -2.19. The van der Waals surface area contributed by atoms with Crippen molar-refractivity contribution < 1.29 is 24.4 Å². The maximum atomic E-state index is 8.95. The first kappa shape index (κ1) is 10.9. The Morgan fingerprint density at radius 1 is 1.00 bits per heavy atom. The predicted octanol–water partition coefficient (Wildman–Crippen LogP) is -1.23. The van der Waals surface area contributed by atoms with Crippen molar-refractivity contribution in [3.8, 4) is 0 Å². The van der Waals surface area contributed by atoms with E-state index in [1.165, 1.54) is 14.2 Å². The maximum Gasteiger partial charge on any atom is 0.114 e. The Labute approximate surface area is 77.2 Å². The van der Waals surface area contributed by atoms with E-state index in [1.807, 2.05) is 0 Å². The molecule has 1 heterocycles. The number of methoxy groups -OCH3 is 2. The third kappa shape index (κ3) is 2.00. The minimum Gasteiger partial charge on any atom is -0.394 e. The van der Waals surface area contributed by atoms with E-state index in [4.69, 9.17) is 24.4 Å². The smallest absolute Gasteiger partial charge is 0.114 e. The van der Waals surface area contributed by atoms with Crippen LogP contribution in [0.4, 0.5) is 0 Å². The quantitative estimate of drug-likeness (QED) is 0.583. The fourth-order valence-electron chi connectivity index (χ4n) is 1.67. The molecule has 0 spiro atoms. The van der Waals surface area contributed by atoms with Gasteiger partial charge in [-0.1, -0.05) is 0 Å². The second kappa shape index (κ2) is 4.88. The first-order valence-electron chi connectivity index (χ1n) is 4.21. The van der Waals surface area contributed by atoms with Gasteiger partial charge < -0.3 is 24.4 Å². The van der Waals surface area contributed by atoms with Gasteiger partial charge in [0, 0.05) is 14.2 Å². The Bertz CT molecular complexity index is 135. The molecule has 0 aromatic carbocycles. The monoisotopic (exact) mass is 192 g/mol. The summed E-state index contributed by atoms with van der Waals surface area (Å²) in [5.41, 5.74) is 0. The third-order valence-electron chi connectivity index (χ3n) is 2.31. The Balaban J connectivity index is 2.65. The number of hydrogen-bond acceptors (Lipinski definition) is 5. The highest BCUT2D eigenvalue weighted by Gasteiger charge is 2.44. The summed E-state index contributed by atoms with van der Waals surface area (Å²) in [5.74, 6) is 0. The minimum absolute atomic E-state index is 0.130. The number of aliphatic hydroxyl groups excluding tert-OH is 2. The summed E-state index contributed by atoms with van der Waals surface area (Å²) in [6.07, 6.45) is -1.45. The van der Waals surface area contributed by atoms with E-state index in [0.29, 0.717) is 0 Å². The van der Waals surface area contributed by atoms with Gasteiger partial charge in [0.05, 0.1) is 13.2 Å². The molecule has 0 radical (unpaired) electrons. The Kier molecular flexibility index (Phi) is 4.08. The topological polar surface area (TPSA) is 68.2 Å². The van der Waals surface area contributed by atoms with Gasteiger partial charge in [0.2, 0.25) is 0 Å². The molecule has 0 amide bonds. The van der Waals surface area contributed by atoms with E-state index in [0.717, 1.165) is 0 Å². The lowest BCUT2D eigenvalue weighted by Crippen LogP contribution is -2.38. The Morgan fingerprint density at radius 2 is 1.38 bits per heavy atom. The molecule has 1 rings (SSSR count). The van der Waals surface area contributed by atoms with Crippen LogP contribution in [0, 0.1) is 0 Å². The lowest BCUT2D eigenvalue weighted by atomic mass is 10.1. The number of hydrogen-bond donors (Lipinski definition) is 2. The van der Waals surface area contributed by atoms with Gasteiger partial charge in [-0.15, -0.1) is 0 Å². The molecule has 0 bridgehead atoms. The summed E-state index contributed by atoms with van der Waals surface area (Å²) in [6.45, 7) is -0.260. The van der Waals surface area contributed by atoms with Crippen molar-refractivity contribution in [1.29, 1.82) is 0 Å². The molecule has 1 aliphatic rings. The molecule has 13 heavy (non-hydrogen) atoms. The van der Waals surface area contributed by atoms with Crippen molar-refractivity contribution in [3.63, 3.8) is 0 Å². The first-order valence-corrected chi connectivity index (χ1v) is 4.21. The van der Waals surface area contributed by atoms with E-state index in [2.05, 4.69) is 0 Å². The summed E-state index contributed by atoms with van der Waals surface area (Å²) < 4.78 is 15.6. The lowest BCUT2D eigenvalue weighted by molar-refractivity contribution is -0.0453. The molecule has 0 saturated carbocycles. The standard InChI is InChI=1S/C8H16O5/c1-11-7-5(3-9)13-6(4-10)8(7)12-2/h5-10H,3-4H2,1-2H3/t5-,6-,7-,8+/m0/s1. The molecule has 1 fully saturated rings. The van der Waals surface area contributed by atoms with E-state index in [-0.39, 0.29) is 25.4 Å². The molecule has 78 valence electrons. The van der Waals surface area contributed by atoms with Crippen LogP contribution in [0.25, 0.3) is 0 Å². The van der Waals surface area contributed by atoms with Gasteiger partial charge in [0.1, 0.15) is 24.4 Å². The van der Waals surface area contributed by atoms with E-state index >= 15 is 0 Å². The van der Waals surface area contributed by atoms with Crippen molar-refractivity contribution in [2.75, 3.05) is 27.4 Å². The van der Waals surface area contributed by atoms with Crippen LogP contribution < -0.4 is 0 Å². The van der Waals surface area contributed by atoms with Gasteiger partial charge in [-0.3, -0.25) is 0 Å². The number of ether oxygens (including phenoxy) is 3. The Hall–Kier alpha value is -0.200. The molecule has 1 saturated heterocycles. The molecule has 0 aliphatic carbocycles. The van der Waals surface area contributed by atoms with E-state index < -0.39 is 12.2 Å². The zero-order chi connectivity index (χ0) is 9.84. The number of rotatable bonds is 4. The molecule has 5 nitrogen and oxygen atoms in total. The molecule has 4 atom stereocenters. The molecule has 0 unspecified atom stereocenters. The summed E-state index contributed by atoms with van der Waals surface area (Å²) in [4.78, 5) is 0. The second-order valence-electron chi connectivity index (χ2n) is 2.98. The largest absolute Gasteiger partial charge is 0.394 e. The maximum absolute atomic E-state index is 8.95. The van der Waals surface area contributed by atoms with Gasteiger partial charge >= 0.3 is 0 Å². The summed E-state index contributed by atoms with van der Waals surface area (Å²) >= 11 is 0.